The second-order valence-electron chi connectivity index (χ2n) is 3.81. The van der Waals surface area contributed by atoms with Crippen LogP contribution in [0.3, 0.4) is 0 Å². The highest BCUT2D eigenvalue weighted by Gasteiger charge is 2.21. The molecule has 0 aliphatic carbocycles. The van der Waals surface area contributed by atoms with E-state index in [9.17, 15) is 13.0 Å². The summed E-state index contributed by atoms with van der Waals surface area (Å²) in [6.07, 6.45) is 0. The maximum atomic E-state index is 9.45. The lowest BCUT2D eigenvalue weighted by Gasteiger charge is -2.36. The second-order valence-corrected chi connectivity index (χ2v) is 6.09. The smallest absolute Gasteiger partial charge is 0.217 e. The Morgan fingerprint density at radius 2 is 1.81 bits per heavy atom. The molecule has 0 aromatic carbocycles. The molecule has 0 unspecified atom stereocenters. The fourth-order valence-corrected chi connectivity index (χ4v) is 2.88. The molecule has 1 aliphatic heterocycles. The van der Waals surface area contributed by atoms with Gasteiger partial charge in [-0.05, 0) is 13.8 Å². The first-order valence-electron chi connectivity index (χ1n) is 5.34. The zero-order valence-electron chi connectivity index (χ0n) is 10.1. The highest BCUT2D eigenvalue weighted by atomic mass is 32.3. The largest absolute Gasteiger partial charge is 0.726 e. The molecule has 1 saturated heterocycles. The first-order chi connectivity index (χ1) is 7.33. The van der Waals surface area contributed by atoms with E-state index < -0.39 is 10.4 Å². The van der Waals surface area contributed by atoms with Crippen molar-refractivity contribution in [1.29, 1.82) is 0 Å². The summed E-state index contributed by atoms with van der Waals surface area (Å²) in [7, 11) is -2.06. The van der Waals surface area contributed by atoms with Crippen molar-refractivity contribution in [3.05, 3.63) is 0 Å². The lowest BCUT2D eigenvalue weighted by atomic mass is 10.4. The molecule has 98 valence electrons. The summed E-state index contributed by atoms with van der Waals surface area (Å²) in [4.78, 5) is 0. The van der Waals surface area contributed by atoms with Crippen LogP contribution in [-0.4, -0.2) is 62.2 Å². The minimum Gasteiger partial charge on any atom is -0.726 e. The van der Waals surface area contributed by atoms with Crippen molar-refractivity contribution in [2.24, 2.45) is 0 Å². The molecule has 1 aliphatic rings. The molecule has 1 heterocycles. The Kier molecular flexibility index (Phi) is 7.58. The Morgan fingerprint density at radius 1 is 1.31 bits per heavy atom. The van der Waals surface area contributed by atoms with Gasteiger partial charge in [0.2, 0.25) is 10.4 Å². The summed E-state index contributed by atoms with van der Waals surface area (Å²) in [5.74, 6) is 2.73. The van der Waals surface area contributed by atoms with E-state index in [1.54, 1.807) is 0 Å². The molecular formula is C9H21NO4S2. The van der Waals surface area contributed by atoms with E-state index in [1.807, 2.05) is 0 Å². The summed E-state index contributed by atoms with van der Waals surface area (Å²) in [5, 5.41) is 0. The quantitative estimate of drug-likeness (QED) is 0.429. The molecule has 16 heavy (non-hydrogen) atoms. The van der Waals surface area contributed by atoms with Gasteiger partial charge in [0.05, 0.1) is 33.3 Å². The van der Waals surface area contributed by atoms with Crippen molar-refractivity contribution in [3.63, 3.8) is 0 Å². The van der Waals surface area contributed by atoms with Crippen molar-refractivity contribution in [2.75, 3.05) is 44.8 Å². The first-order valence-corrected chi connectivity index (χ1v) is 7.83. The van der Waals surface area contributed by atoms with E-state index in [1.165, 1.54) is 42.5 Å². The van der Waals surface area contributed by atoms with Crippen molar-refractivity contribution >= 4 is 22.2 Å². The Bertz CT molecular complexity index is 273. The third-order valence-corrected chi connectivity index (χ3v) is 4.04. The Labute approximate surface area is 103 Å². The van der Waals surface area contributed by atoms with Crippen LogP contribution in [0.25, 0.3) is 0 Å². The minimum absolute atomic E-state index is 0.0914. The number of hydrogen-bond donors (Lipinski definition) is 0. The second kappa shape index (κ2) is 7.50. The van der Waals surface area contributed by atoms with Gasteiger partial charge < -0.3 is 9.04 Å². The van der Waals surface area contributed by atoms with Crippen LogP contribution in [0.5, 0.6) is 0 Å². The van der Waals surface area contributed by atoms with Crippen molar-refractivity contribution < 1.29 is 21.6 Å². The molecule has 1 fully saturated rings. The normalized spacial score (nSPS) is 19.8. The van der Waals surface area contributed by atoms with Gasteiger partial charge in [0.25, 0.3) is 0 Å². The standard InChI is InChI=1S/C7H16NS.C2H6O4S/c1-3-8(2)4-6-9-7-5-8;1-2-6-7(3,4)5/h3-7H2,1-2H3;2H2,1H3,(H,3,4,5)/q+1;/p-1. The summed E-state index contributed by atoms with van der Waals surface area (Å²) in [5.41, 5.74) is 0. The van der Waals surface area contributed by atoms with E-state index >= 15 is 0 Å². The average molecular weight is 271 g/mol. The van der Waals surface area contributed by atoms with Gasteiger partial charge in [-0.15, -0.1) is 0 Å². The third-order valence-electron chi connectivity index (χ3n) is 2.58. The summed E-state index contributed by atoms with van der Waals surface area (Å²) in [6, 6.07) is 0. The fourth-order valence-electron chi connectivity index (χ4n) is 1.24. The molecule has 0 atom stereocenters. The first kappa shape index (κ1) is 16.2. The van der Waals surface area contributed by atoms with Crippen LogP contribution < -0.4 is 0 Å². The van der Waals surface area contributed by atoms with Gasteiger partial charge in [-0.3, -0.25) is 4.18 Å². The average Bonchev–Trinajstić information content (AvgIpc) is 2.18. The van der Waals surface area contributed by atoms with E-state index in [4.69, 9.17) is 0 Å². The topological polar surface area (TPSA) is 66.4 Å². The lowest BCUT2D eigenvalue weighted by Crippen LogP contribution is -2.49. The molecule has 0 bridgehead atoms. The summed E-state index contributed by atoms with van der Waals surface area (Å²) < 4.78 is 33.3. The van der Waals surface area contributed by atoms with E-state index in [2.05, 4.69) is 29.9 Å². The van der Waals surface area contributed by atoms with E-state index in [-0.39, 0.29) is 6.61 Å². The molecular weight excluding hydrogens is 250 g/mol. The number of hydrogen-bond acceptors (Lipinski definition) is 5. The third kappa shape index (κ3) is 8.35. The number of rotatable bonds is 3. The Morgan fingerprint density at radius 3 is 2.00 bits per heavy atom. The van der Waals surface area contributed by atoms with Crippen LogP contribution in [0.4, 0.5) is 0 Å². The minimum atomic E-state index is -4.42. The van der Waals surface area contributed by atoms with E-state index in [0.717, 1.165) is 0 Å². The van der Waals surface area contributed by atoms with Gasteiger partial charge in [0.1, 0.15) is 0 Å². The molecule has 0 spiro atoms. The monoisotopic (exact) mass is 271 g/mol. The predicted molar refractivity (Wildman–Crippen MR) is 65.1 cm³/mol. The molecule has 7 heteroatoms. The van der Waals surface area contributed by atoms with Crippen molar-refractivity contribution in [2.45, 2.75) is 13.8 Å². The number of thioether (sulfide) groups is 1. The molecule has 0 radical (unpaired) electrons. The zero-order chi connectivity index (χ0) is 12.7. The van der Waals surface area contributed by atoms with Crippen LogP contribution in [0, 0.1) is 0 Å². The molecule has 5 nitrogen and oxygen atoms in total. The van der Waals surface area contributed by atoms with Gasteiger partial charge in [-0.2, -0.15) is 11.8 Å². The predicted octanol–water partition coefficient (Wildman–Crippen LogP) is 0.683. The lowest BCUT2D eigenvalue weighted by molar-refractivity contribution is -0.904. The van der Waals surface area contributed by atoms with Gasteiger partial charge in [0, 0.05) is 11.5 Å². The summed E-state index contributed by atoms with van der Waals surface area (Å²) >= 11 is 2.10. The maximum absolute atomic E-state index is 9.45. The molecule has 0 N–H and O–H groups in total. The van der Waals surface area contributed by atoms with Crippen LogP contribution in [0.2, 0.25) is 0 Å². The Balaban J connectivity index is 0.000000293. The van der Waals surface area contributed by atoms with Crippen molar-refractivity contribution in [3.8, 4) is 0 Å². The molecule has 0 aromatic heterocycles. The van der Waals surface area contributed by atoms with Gasteiger partial charge in [-0.25, -0.2) is 8.42 Å². The number of quaternary nitrogens is 1. The summed E-state index contributed by atoms with van der Waals surface area (Å²) in [6.45, 7) is 7.68. The Hall–Kier alpha value is 0.180. The fraction of sp³-hybridized carbons (Fsp3) is 1.00. The van der Waals surface area contributed by atoms with Crippen LogP contribution in [-0.2, 0) is 14.6 Å². The SMILES string of the molecule is CCOS(=O)(=O)[O-].CC[N+]1(C)CCSCC1. The molecule has 0 saturated carbocycles. The maximum Gasteiger partial charge on any atom is 0.217 e. The van der Waals surface area contributed by atoms with Crippen LogP contribution >= 0.6 is 11.8 Å². The van der Waals surface area contributed by atoms with Gasteiger partial charge >= 0.3 is 0 Å². The van der Waals surface area contributed by atoms with Crippen LogP contribution in [0.15, 0.2) is 0 Å². The highest BCUT2D eigenvalue weighted by Crippen LogP contribution is 2.14. The highest BCUT2D eigenvalue weighted by molar-refractivity contribution is 7.99. The number of nitrogens with zero attached hydrogens (tertiary/aromatic N) is 1. The molecule has 1 rings (SSSR count). The van der Waals surface area contributed by atoms with E-state index in [0.29, 0.717) is 0 Å². The zero-order valence-corrected chi connectivity index (χ0v) is 11.8. The molecule has 0 amide bonds. The molecule has 0 aromatic rings. The van der Waals surface area contributed by atoms with Crippen LogP contribution in [0.1, 0.15) is 13.8 Å². The van der Waals surface area contributed by atoms with Crippen molar-refractivity contribution in [1.82, 2.24) is 0 Å². The van der Waals surface area contributed by atoms with Gasteiger partial charge in [0.15, 0.2) is 0 Å². The van der Waals surface area contributed by atoms with Gasteiger partial charge in [-0.1, -0.05) is 0 Å².